The molecule has 0 saturated carbocycles. The molecule has 0 aliphatic rings. The minimum absolute atomic E-state index is 0.0110. The molecule has 0 heterocycles. The summed E-state index contributed by atoms with van der Waals surface area (Å²) in [6, 6.07) is 16.5. The molecule has 2 aromatic carbocycles. The largest absolute Gasteiger partial charge is 0.339 e. The molecule has 1 unspecified atom stereocenters. The summed E-state index contributed by atoms with van der Waals surface area (Å²) in [5, 5.41) is 0. The Hall–Kier alpha value is -2.18. The fourth-order valence-corrected chi connectivity index (χ4v) is 3.28. The van der Waals surface area contributed by atoms with E-state index in [-0.39, 0.29) is 16.8 Å². The number of carbonyl (C=O) groups excluding carboxylic acids is 1. The molecule has 2 aromatic rings. The van der Waals surface area contributed by atoms with Crippen molar-refractivity contribution in [2.45, 2.75) is 30.7 Å². The van der Waals surface area contributed by atoms with Gasteiger partial charge in [-0.25, -0.2) is 13.1 Å². The number of hydrogen-bond donors (Lipinski definition) is 1. The van der Waals surface area contributed by atoms with Crippen molar-refractivity contribution in [3.8, 4) is 0 Å². The van der Waals surface area contributed by atoms with Crippen LogP contribution in [0, 0.1) is 0 Å². The molecule has 0 bridgehead atoms. The van der Waals surface area contributed by atoms with Crippen LogP contribution >= 0.6 is 0 Å². The molecule has 0 spiro atoms. The molecule has 0 aliphatic heterocycles. The highest BCUT2D eigenvalue weighted by Gasteiger charge is 2.17. The molecule has 134 valence electrons. The Morgan fingerprint density at radius 2 is 1.68 bits per heavy atom. The van der Waals surface area contributed by atoms with Crippen LogP contribution in [-0.2, 0) is 21.2 Å². The second-order valence-electron chi connectivity index (χ2n) is 5.94. The molecule has 1 amide bonds. The van der Waals surface area contributed by atoms with Gasteiger partial charge in [0.2, 0.25) is 15.9 Å². The molecule has 1 atom stereocenters. The van der Waals surface area contributed by atoms with E-state index in [1.807, 2.05) is 44.3 Å². The summed E-state index contributed by atoms with van der Waals surface area (Å²) >= 11 is 0. The maximum absolute atomic E-state index is 12.4. The monoisotopic (exact) mass is 360 g/mol. The van der Waals surface area contributed by atoms with Gasteiger partial charge in [0.25, 0.3) is 0 Å². The first kappa shape index (κ1) is 19.1. The van der Waals surface area contributed by atoms with Crippen LogP contribution in [0.3, 0.4) is 0 Å². The molecule has 0 aromatic heterocycles. The standard InChI is InChI=1S/C19H24N2O3S/c1-15(17-7-5-4-6-8-17)21(3)19(22)14-11-16-9-12-18(13-10-16)25(23,24)20-2/h4-10,12-13,15,20H,11,14H2,1-3H3. The van der Waals surface area contributed by atoms with E-state index in [4.69, 9.17) is 0 Å². The molecule has 0 aliphatic carbocycles. The number of nitrogens with one attached hydrogen (secondary N) is 1. The predicted octanol–water partition coefficient (Wildman–Crippen LogP) is 2.75. The van der Waals surface area contributed by atoms with Crippen LogP contribution in [0.1, 0.15) is 30.5 Å². The summed E-state index contributed by atoms with van der Waals surface area (Å²) in [6.45, 7) is 2.00. The van der Waals surface area contributed by atoms with E-state index in [9.17, 15) is 13.2 Å². The predicted molar refractivity (Wildman–Crippen MR) is 98.6 cm³/mol. The highest BCUT2D eigenvalue weighted by atomic mass is 32.2. The molecule has 25 heavy (non-hydrogen) atoms. The van der Waals surface area contributed by atoms with Gasteiger partial charge in [-0.05, 0) is 43.7 Å². The van der Waals surface area contributed by atoms with E-state index < -0.39 is 10.0 Å². The normalized spacial score (nSPS) is 12.6. The first-order valence-electron chi connectivity index (χ1n) is 8.18. The lowest BCUT2D eigenvalue weighted by molar-refractivity contribution is -0.131. The van der Waals surface area contributed by atoms with Crippen LogP contribution in [0.25, 0.3) is 0 Å². The number of carbonyl (C=O) groups is 1. The number of benzene rings is 2. The van der Waals surface area contributed by atoms with Crippen molar-refractivity contribution >= 4 is 15.9 Å². The van der Waals surface area contributed by atoms with Crippen molar-refractivity contribution in [1.82, 2.24) is 9.62 Å². The van der Waals surface area contributed by atoms with Crippen LogP contribution in [0.4, 0.5) is 0 Å². The van der Waals surface area contributed by atoms with Gasteiger partial charge in [-0.2, -0.15) is 0 Å². The topological polar surface area (TPSA) is 66.5 Å². The van der Waals surface area contributed by atoms with E-state index in [0.29, 0.717) is 12.8 Å². The van der Waals surface area contributed by atoms with Gasteiger partial charge in [-0.15, -0.1) is 0 Å². The first-order chi connectivity index (χ1) is 11.8. The Kier molecular flexibility index (Phi) is 6.33. The third-order valence-corrected chi connectivity index (χ3v) is 5.82. The van der Waals surface area contributed by atoms with Crippen LogP contribution in [-0.4, -0.2) is 33.3 Å². The molecule has 0 saturated heterocycles. The van der Waals surface area contributed by atoms with Crippen molar-refractivity contribution < 1.29 is 13.2 Å². The highest BCUT2D eigenvalue weighted by molar-refractivity contribution is 7.89. The van der Waals surface area contributed by atoms with Crippen molar-refractivity contribution in [2.75, 3.05) is 14.1 Å². The summed E-state index contributed by atoms with van der Waals surface area (Å²) in [5.74, 6) is 0.0586. The number of aryl methyl sites for hydroxylation is 1. The van der Waals surface area contributed by atoms with Crippen molar-refractivity contribution in [3.63, 3.8) is 0 Å². The third kappa shape index (κ3) is 4.90. The molecule has 0 radical (unpaired) electrons. The molecule has 6 heteroatoms. The highest BCUT2D eigenvalue weighted by Crippen LogP contribution is 2.19. The number of sulfonamides is 1. The summed E-state index contributed by atoms with van der Waals surface area (Å²) < 4.78 is 25.7. The van der Waals surface area contributed by atoms with Crippen LogP contribution in [0.2, 0.25) is 0 Å². The SMILES string of the molecule is CNS(=O)(=O)c1ccc(CCC(=O)N(C)C(C)c2ccccc2)cc1. The Bertz CT molecular complexity index is 802. The van der Waals surface area contributed by atoms with E-state index >= 15 is 0 Å². The zero-order chi connectivity index (χ0) is 18.4. The lowest BCUT2D eigenvalue weighted by Crippen LogP contribution is -2.29. The first-order valence-corrected chi connectivity index (χ1v) is 9.66. The quantitative estimate of drug-likeness (QED) is 0.826. The lowest BCUT2D eigenvalue weighted by atomic mass is 10.1. The average molecular weight is 360 g/mol. The zero-order valence-electron chi connectivity index (χ0n) is 14.8. The molecular formula is C19H24N2O3S. The second kappa shape index (κ2) is 8.27. The smallest absolute Gasteiger partial charge is 0.240 e. The molecule has 2 rings (SSSR count). The van der Waals surface area contributed by atoms with Crippen molar-refractivity contribution in [3.05, 3.63) is 65.7 Å². The van der Waals surface area contributed by atoms with E-state index in [0.717, 1.165) is 11.1 Å². The fourth-order valence-electron chi connectivity index (χ4n) is 2.55. The number of nitrogens with zero attached hydrogens (tertiary/aromatic N) is 1. The van der Waals surface area contributed by atoms with Gasteiger partial charge >= 0.3 is 0 Å². The Labute approximate surface area is 149 Å². The minimum atomic E-state index is -3.43. The van der Waals surface area contributed by atoms with Gasteiger partial charge in [0.1, 0.15) is 0 Å². The Balaban J connectivity index is 1.95. The number of hydrogen-bond acceptors (Lipinski definition) is 3. The number of rotatable bonds is 7. The molecular weight excluding hydrogens is 336 g/mol. The van der Waals surface area contributed by atoms with E-state index in [1.54, 1.807) is 29.2 Å². The zero-order valence-corrected chi connectivity index (χ0v) is 15.6. The third-order valence-electron chi connectivity index (χ3n) is 4.39. The second-order valence-corrected chi connectivity index (χ2v) is 7.83. The maximum atomic E-state index is 12.4. The molecule has 1 N–H and O–H groups in total. The molecule has 0 fully saturated rings. The maximum Gasteiger partial charge on any atom is 0.240 e. The van der Waals surface area contributed by atoms with Gasteiger partial charge < -0.3 is 4.90 Å². The Morgan fingerprint density at radius 1 is 1.08 bits per heavy atom. The van der Waals surface area contributed by atoms with Crippen molar-refractivity contribution in [1.29, 1.82) is 0 Å². The van der Waals surface area contributed by atoms with Gasteiger partial charge in [0.05, 0.1) is 10.9 Å². The summed E-state index contributed by atoms with van der Waals surface area (Å²) in [4.78, 5) is 14.4. The van der Waals surface area contributed by atoms with Gasteiger partial charge in [0, 0.05) is 13.5 Å². The van der Waals surface area contributed by atoms with Gasteiger partial charge in [0.15, 0.2) is 0 Å². The van der Waals surface area contributed by atoms with E-state index in [2.05, 4.69) is 4.72 Å². The van der Waals surface area contributed by atoms with Crippen LogP contribution in [0.5, 0.6) is 0 Å². The van der Waals surface area contributed by atoms with Crippen molar-refractivity contribution in [2.24, 2.45) is 0 Å². The number of amides is 1. The summed E-state index contributed by atoms with van der Waals surface area (Å²) in [7, 11) is -0.238. The Morgan fingerprint density at radius 3 is 2.24 bits per heavy atom. The van der Waals surface area contributed by atoms with Gasteiger partial charge in [-0.3, -0.25) is 4.79 Å². The molecule has 5 nitrogen and oxygen atoms in total. The summed E-state index contributed by atoms with van der Waals surface area (Å²) in [5.41, 5.74) is 2.03. The fraction of sp³-hybridized carbons (Fsp3) is 0.316. The average Bonchev–Trinajstić information content (AvgIpc) is 2.65. The van der Waals surface area contributed by atoms with E-state index in [1.165, 1.54) is 7.05 Å². The summed E-state index contributed by atoms with van der Waals surface area (Å²) in [6.07, 6.45) is 0.955. The minimum Gasteiger partial charge on any atom is -0.339 e. The van der Waals surface area contributed by atoms with Gasteiger partial charge in [-0.1, -0.05) is 42.5 Å². The van der Waals surface area contributed by atoms with Crippen LogP contribution in [0.15, 0.2) is 59.5 Å². The van der Waals surface area contributed by atoms with Crippen LogP contribution < -0.4 is 4.72 Å². The lowest BCUT2D eigenvalue weighted by Gasteiger charge is -2.25.